The van der Waals surface area contributed by atoms with Gasteiger partial charge in [-0.25, -0.2) is 4.98 Å². The van der Waals surface area contributed by atoms with Gasteiger partial charge in [-0.1, -0.05) is 39.0 Å². The number of hydrogen-bond acceptors (Lipinski definition) is 4. The molecule has 1 aromatic carbocycles. The molecule has 1 aliphatic heterocycles. The van der Waals surface area contributed by atoms with Gasteiger partial charge in [0.05, 0.1) is 5.69 Å². The number of fused-ring (bicyclic) bond motifs is 2. The number of nitrogens with zero attached hydrogens (tertiary/aromatic N) is 2. The maximum atomic E-state index is 12.4. The van der Waals surface area contributed by atoms with Gasteiger partial charge in [0.25, 0.3) is 5.56 Å². The molecule has 1 N–H and O–H groups in total. The topological polar surface area (TPSA) is 49.0 Å². The molecule has 0 amide bonds. The van der Waals surface area contributed by atoms with Gasteiger partial charge in [-0.2, -0.15) is 0 Å². The lowest BCUT2D eigenvalue weighted by molar-refractivity contribution is 0.241. The van der Waals surface area contributed by atoms with E-state index in [2.05, 4.69) is 70.9 Å². The van der Waals surface area contributed by atoms with E-state index in [0.717, 1.165) is 43.1 Å². The normalized spacial score (nSPS) is 15.4. The third-order valence-corrected chi connectivity index (χ3v) is 7.16. The smallest absolute Gasteiger partial charge is 0.254 e. The summed E-state index contributed by atoms with van der Waals surface area (Å²) in [7, 11) is 0. The highest BCUT2D eigenvalue weighted by Gasteiger charge is 2.25. The molecule has 0 bridgehead atoms. The minimum atomic E-state index is -0.162. The zero-order valence-corrected chi connectivity index (χ0v) is 17.6. The highest BCUT2D eigenvalue weighted by molar-refractivity contribution is 9.10. The van der Waals surface area contributed by atoms with Crippen LogP contribution in [0.2, 0.25) is 0 Å². The Labute approximate surface area is 165 Å². The Bertz CT molecular complexity index is 1030. The van der Waals surface area contributed by atoms with Gasteiger partial charge in [0.15, 0.2) is 0 Å². The summed E-state index contributed by atoms with van der Waals surface area (Å²) in [6.07, 6.45) is 0.755. The number of aromatic amines is 1. The zero-order valence-electron chi connectivity index (χ0n) is 15.2. The minimum absolute atomic E-state index is 0.0302. The predicted molar refractivity (Wildman–Crippen MR) is 111 cm³/mol. The van der Waals surface area contributed by atoms with Crippen LogP contribution in [0.4, 0.5) is 0 Å². The second-order valence-electron chi connectivity index (χ2n) is 7.89. The summed E-state index contributed by atoms with van der Waals surface area (Å²) in [6.45, 7) is 8.71. The second kappa shape index (κ2) is 6.59. The van der Waals surface area contributed by atoms with Crippen molar-refractivity contribution in [2.24, 2.45) is 0 Å². The van der Waals surface area contributed by atoms with Gasteiger partial charge in [-0.15, -0.1) is 11.3 Å². The molecule has 3 aromatic rings. The third-order valence-electron chi connectivity index (χ3n) is 4.83. The lowest BCUT2D eigenvalue weighted by Crippen LogP contribution is -2.36. The van der Waals surface area contributed by atoms with Crippen LogP contribution in [0.15, 0.2) is 33.5 Å². The third kappa shape index (κ3) is 3.26. The molecule has 3 heterocycles. The number of hydrogen-bond donors (Lipinski definition) is 1. The Kier molecular flexibility index (Phi) is 4.53. The summed E-state index contributed by atoms with van der Waals surface area (Å²) in [5.74, 6) is 0.770. The maximum Gasteiger partial charge on any atom is 0.254 e. The van der Waals surface area contributed by atoms with Crippen molar-refractivity contribution in [2.45, 2.75) is 45.7 Å². The van der Waals surface area contributed by atoms with Crippen LogP contribution in [0.25, 0.3) is 10.1 Å². The van der Waals surface area contributed by atoms with Gasteiger partial charge >= 0.3 is 0 Å². The summed E-state index contributed by atoms with van der Waals surface area (Å²) in [5, 5.41) is 1.27. The first-order valence-corrected chi connectivity index (χ1v) is 10.4. The number of benzene rings is 1. The van der Waals surface area contributed by atoms with Gasteiger partial charge in [0, 0.05) is 50.0 Å². The van der Waals surface area contributed by atoms with Crippen molar-refractivity contribution in [3.8, 4) is 0 Å². The number of nitrogens with one attached hydrogen (secondary N) is 1. The van der Waals surface area contributed by atoms with Crippen molar-refractivity contribution in [1.82, 2.24) is 14.9 Å². The molecule has 0 fully saturated rings. The van der Waals surface area contributed by atoms with Crippen molar-refractivity contribution in [2.75, 3.05) is 6.54 Å². The predicted octanol–water partition coefficient (Wildman–Crippen LogP) is 4.60. The molecule has 2 aromatic heterocycles. The van der Waals surface area contributed by atoms with Crippen molar-refractivity contribution >= 4 is 37.4 Å². The molecule has 26 heavy (non-hydrogen) atoms. The van der Waals surface area contributed by atoms with E-state index >= 15 is 0 Å². The molecule has 0 radical (unpaired) electrons. The number of H-pyrrole nitrogens is 1. The van der Waals surface area contributed by atoms with E-state index in [1.807, 2.05) is 11.3 Å². The summed E-state index contributed by atoms with van der Waals surface area (Å²) in [6, 6.07) is 8.47. The van der Waals surface area contributed by atoms with Gasteiger partial charge in [-0.05, 0) is 28.4 Å². The fourth-order valence-electron chi connectivity index (χ4n) is 3.35. The van der Waals surface area contributed by atoms with Gasteiger partial charge in [0.1, 0.15) is 5.82 Å². The Morgan fingerprint density at radius 1 is 1.31 bits per heavy atom. The Balaban J connectivity index is 1.63. The average molecular weight is 432 g/mol. The van der Waals surface area contributed by atoms with E-state index in [0.29, 0.717) is 0 Å². The SMILES string of the molecule is CC(C)(C)c1nc2c(c(=O)[nH]1)CCN(Cc1sc3ccccc3c1Br)C2. The number of halogens is 1. The standard InChI is InChI=1S/C20H22BrN3OS/c1-20(2,3)19-22-14-10-24(9-8-12(14)18(25)23-19)11-16-17(21)13-6-4-5-7-15(13)26-16/h4-7H,8-11H2,1-3H3,(H,22,23,25). The molecular formula is C20H22BrN3OS. The molecule has 0 spiro atoms. The van der Waals surface area contributed by atoms with E-state index in [1.54, 1.807) is 0 Å². The van der Waals surface area contributed by atoms with E-state index in [1.165, 1.54) is 19.4 Å². The lowest BCUT2D eigenvalue weighted by atomic mass is 9.95. The second-order valence-corrected chi connectivity index (χ2v) is 9.82. The molecule has 0 saturated heterocycles. The first kappa shape index (κ1) is 17.9. The van der Waals surface area contributed by atoms with Crippen LogP contribution in [0.3, 0.4) is 0 Å². The number of rotatable bonds is 2. The van der Waals surface area contributed by atoms with Gasteiger partial charge in [0.2, 0.25) is 0 Å². The van der Waals surface area contributed by atoms with Gasteiger partial charge < -0.3 is 4.98 Å². The largest absolute Gasteiger partial charge is 0.310 e. The maximum absolute atomic E-state index is 12.4. The van der Waals surface area contributed by atoms with E-state index < -0.39 is 0 Å². The molecular weight excluding hydrogens is 410 g/mol. The van der Waals surface area contributed by atoms with E-state index in [-0.39, 0.29) is 11.0 Å². The first-order valence-electron chi connectivity index (χ1n) is 8.84. The van der Waals surface area contributed by atoms with Crippen molar-refractivity contribution in [3.05, 3.63) is 61.1 Å². The van der Waals surface area contributed by atoms with E-state index in [4.69, 9.17) is 4.98 Å². The van der Waals surface area contributed by atoms with Crippen LogP contribution in [0.1, 0.15) is 42.7 Å². The molecule has 0 aliphatic carbocycles. The van der Waals surface area contributed by atoms with Crippen LogP contribution in [-0.4, -0.2) is 21.4 Å². The first-order chi connectivity index (χ1) is 12.3. The fraction of sp³-hybridized carbons (Fsp3) is 0.400. The molecule has 0 saturated carbocycles. The Morgan fingerprint density at radius 2 is 2.08 bits per heavy atom. The Morgan fingerprint density at radius 3 is 2.81 bits per heavy atom. The summed E-state index contributed by atoms with van der Waals surface area (Å²) < 4.78 is 2.49. The quantitative estimate of drug-likeness (QED) is 0.644. The summed E-state index contributed by atoms with van der Waals surface area (Å²) in [5.41, 5.74) is 1.65. The van der Waals surface area contributed by atoms with Crippen molar-refractivity contribution < 1.29 is 0 Å². The minimum Gasteiger partial charge on any atom is -0.310 e. The monoisotopic (exact) mass is 431 g/mol. The van der Waals surface area contributed by atoms with Crippen LogP contribution >= 0.6 is 27.3 Å². The van der Waals surface area contributed by atoms with Gasteiger partial charge in [-0.3, -0.25) is 9.69 Å². The van der Waals surface area contributed by atoms with Crippen LogP contribution in [0.5, 0.6) is 0 Å². The molecule has 0 unspecified atom stereocenters. The van der Waals surface area contributed by atoms with Crippen LogP contribution in [0, 0.1) is 0 Å². The fourth-order valence-corrected chi connectivity index (χ4v) is 5.34. The summed E-state index contributed by atoms with van der Waals surface area (Å²) in [4.78, 5) is 23.9. The zero-order chi connectivity index (χ0) is 18.5. The molecule has 1 aliphatic rings. The van der Waals surface area contributed by atoms with Crippen LogP contribution in [-0.2, 0) is 24.9 Å². The molecule has 0 atom stereocenters. The molecule has 136 valence electrons. The highest BCUT2D eigenvalue weighted by Crippen LogP contribution is 2.36. The number of aromatic nitrogens is 2. The lowest BCUT2D eigenvalue weighted by Gasteiger charge is -2.28. The Hall–Kier alpha value is -1.50. The van der Waals surface area contributed by atoms with Crippen LogP contribution < -0.4 is 5.56 Å². The molecule has 6 heteroatoms. The molecule has 4 nitrogen and oxygen atoms in total. The average Bonchev–Trinajstić information content (AvgIpc) is 2.90. The van der Waals surface area contributed by atoms with Crippen molar-refractivity contribution in [3.63, 3.8) is 0 Å². The summed E-state index contributed by atoms with van der Waals surface area (Å²) >= 11 is 5.61. The molecule has 4 rings (SSSR count). The van der Waals surface area contributed by atoms with Crippen molar-refractivity contribution in [1.29, 1.82) is 0 Å². The number of thiophene rings is 1. The highest BCUT2D eigenvalue weighted by atomic mass is 79.9. The van der Waals surface area contributed by atoms with E-state index in [9.17, 15) is 4.79 Å².